The first kappa shape index (κ1) is 13.5. The number of hydrogen-bond donors (Lipinski definition) is 1. The van der Waals surface area contributed by atoms with Gasteiger partial charge in [0.25, 0.3) is 0 Å². The van der Waals surface area contributed by atoms with Gasteiger partial charge in [0.2, 0.25) is 0 Å². The van der Waals surface area contributed by atoms with E-state index >= 15 is 0 Å². The molecule has 0 saturated heterocycles. The molecule has 1 fully saturated rings. The summed E-state index contributed by atoms with van der Waals surface area (Å²) in [7, 11) is 0. The maximum Gasteiger partial charge on any atom is 0.306 e. The first-order valence-corrected chi connectivity index (χ1v) is 6.98. The van der Waals surface area contributed by atoms with Crippen LogP contribution in [0.2, 0.25) is 0 Å². The zero-order chi connectivity index (χ0) is 11.8. The number of aliphatic carboxylic acids is 1. The van der Waals surface area contributed by atoms with Crippen LogP contribution in [0.4, 0.5) is 0 Å². The minimum Gasteiger partial charge on any atom is -0.481 e. The monoisotopic (exact) mass is 226 g/mol. The molecule has 1 aliphatic carbocycles. The van der Waals surface area contributed by atoms with Crippen molar-refractivity contribution in [1.82, 2.24) is 0 Å². The summed E-state index contributed by atoms with van der Waals surface area (Å²) in [5, 5.41) is 9.24. The molecule has 1 rings (SSSR count). The molecule has 1 aliphatic rings. The van der Waals surface area contributed by atoms with Crippen LogP contribution in [0, 0.1) is 11.8 Å². The first-order valence-electron chi connectivity index (χ1n) is 6.98. The predicted octanol–water partition coefficient (Wildman–Crippen LogP) is 4.24. The fourth-order valence-corrected chi connectivity index (χ4v) is 2.89. The molecule has 0 aromatic heterocycles. The lowest BCUT2D eigenvalue weighted by Gasteiger charge is -2.21. The van der Waals surface area contributed by atoms with Crippen LogP contribution < -0.4 is 0 Å². The minimum atomic E-state index is -0.553. The summed E-state index contributed by atoms with van der Waals surface area (Å²) in [4.78, 5) is 11.2. The van der Waals surface area contributed by atoms with Gasteiger partial charge < -0.3 is 5.11 Å². The summed E-state index contributed by atoms with van der Waals surface area (Å²) in [6.45, 7) is 2.21. The van der Waals surface area contributed by atoms with Crippen molar-refractivity contribution >= 4 is 5.97 Å². The molecule has 94 valence electrons. The van der Waals surface area contributed by atoms with Gasteiger partial charge >= 0.3 is 5.97 Å². The van der Waals surface area contributed by atoms with Crippen molar-refractivity contribution in [3.05, 3.63) is 0 Å². The van der Waals surface area contributed by atoms with Crippen LogP contribution in [0.15, 0.2) is 0 Å². The lowest BCUT2D eigenvalue weighted by molar-refractivity contribution is -0.144. The average Bonchev–Trinajstić information content (AvgIpc) is 2.49. The fraction of sp³-hybridized carbons (Fsp3) is 0.929. The lowest BCUT2D eigenvalue weighted by Crippen LogP contribution is -2.22. The highest BCUT2D eigenvalue weighted by atomic mass is 16.4. The Morgan fingerprint density at radius 3 is 2.56 bits per heavy atom. The summed E-state index contributed by atoms with van der Waals surface area (Å²) < 4.78 is 0. The number of carboxylic acids is 1. The van der Waals surface area contributed by atoms with Crippen molar-refractivity contribution in [2.45, 2.75) is 71.1 Å². The highest BCUT2D eigenvalue weighted by molar-refractivity contribution is 5.70. The summed E-state index contributed by atoms with van der Waals surface area (Å²) in [6.07, 6.45) is 11.8. The van der Waals surface area contributed by atoms with Crippen molar-refractivity contribution < 1.29 is 9.90 Å². The highest BCUT2D eigenvalue weighted by Gasteiger charge is 2.28. The summed E-state index contributed by atoms with van der Waals surface area (Å²) >= 11 is 0. The predicted molar refractivity (Wildman–Crippen MR) is 66.5 cm³/mol. The molecule has 0 bridgehead atoms. The van der Waals surface area contributed by atoms with E-state index in [-0.39, 0.29) is 5.92 Å². The van der Waals surface area contributed by atoms with Gasteiger partial charge in [-0.3, -0.25) is 4.79 Å². The van der Waals surface area contributed by atoms with Crippen molar-refractivity contribution in [1.29, 1.82) is 0 Å². The average molecular weight is 226 g/mol. The standard InChI is InChI=1S/C14H26O2/c1-2-3-4-6-9-12-10-7-5-8-11-13(12)14(15)16/h12-13H,2-11H2,1H3,(H,15,16). The molecule has 2 nitrogen and oxygen atoms in total. The van der Waals surface area contributed by atoms with Crippen LogP contribution in [0.25, 0.3) is 0 Å². The molecule has 0 heterocycles. The zero-order valence-corrected chi connectivity index (χ0v) is 10.6. The SMILES string of the molecule is CCCCCCC1CCCCCC1C(=O)O. The molecule has 16 heavy (non-hydrogen) atoms. The Morgan fingerprint density at radius 1 is 1.12 bits per heavy atom. The van der Waals surface area contributed by atoms with Crippen LogP contribution in [0.5, 0.6) is 0 Å². The van der Waals surface area contributed by atoms with E-state index in [2.05, 4.69) is 6.92 Å². The van der Waals surface area contributed by atoms with Gasteiger partial charge in [-0.25, -0.2) is 0 Å². The third-order valence-electron chi connectivity index (χ3n) is 3.90. The van der Waals surface area contributed by atoms with Gasteiger partial charge in [0, 0.05) is 0 Å². The molecule has 2 heteroatoms. The minimum absolute atomic E-state index is 0.0517. The molecule has 0 radical (unpaired) electrons. The normalized spacial score (nSPS) is 26.3. The summed E-state index contributed by atoms with van der Waals surface area (Å²) in [5.41, 5.74) is 0. The van der Waals surface area contributed by atoms with Crippen molar-refractivity contribution in [3.63, 3.8) is 0 Å². The molecule has 2 unspecified atom stereocenters. The molecule has 2 atom stereocenters. The van der Waals surface area contributed by atoms with Gasteiger partial charge in [-0.05, 0) is 25.2 Å². The molecule has 0 aliphatic heterocycles. The largest absolute Gasteiger partial charge is 0.481 e. The smallest absolute Gasteiger partial charge is 0.306 e. The Bertz CT molecular complexity index is 201. The lowest BCUT2D eigenvalue weighted by atomic mass is 9.84. The number of unbranched alkanes of at least 4 members (excludes halogenated alkanes) is 3. The van der Waals surface area contributed by atoms with Gasteiger partial charge in [0.05, 0.1) is 5.92 Å². The van der Waals surface area contributed by atoms with E-state index in [4.69, 9.17) is 0 Å². The van der Waals surface area contributed by atoms with Crippen LogP contribution in [-0.2, 0) is 4.79 Å². The first-order chi connectivity index (χ1) is 7.75. The van der Waals surface area contributed by atoms with E-state index in [1.165, 1.54) is 38.5 Å². The van der Waals surface area contributed by atoms with Gasteiger partial charge in [-0.15, -0.1) is 0 Å². The Balaban J connectivity index is 2.35. The van der Waals surface area contributed by atoms with Crippen LogP contribution >= 0.6 is 0 Å². The molecule has 0 spiro atoms. The van der Waals surface area contributed by atoms with Gasteiger partial charge in [0.1, 0.15) is 0 Å². The molecule has 0 aromatic rings. The molecular formula is C14H26O2. The molecular weight excluding hydrogens is 200 g/mol. The summed E-state index contributed by atoms with van der Waals surface area (Å²) in [6, 6.07) is 0. The Kier molecular flexibility index (Phi) is 6.51. The van der Waals surface area contributed by atoms with Crippen molar-refractivity contribution in [2.75, 3.05) is 0 Å². The van der Waals surface area contributed by atoms with E-state index in [0.29, 0.717) is 5.92 Å². The maximum atomic E-state index is 11.2. The number of carbonyl (C=O) groups is 1. The van der Waals surface area contributed by atoms with Gasteiger partial charge in [-0.1, -0.05) is 51.9 Å². The second kappa shape index (κ2) is 7.70. The van der Waals surface area contributed by atoms with Crippen LogP contribution in [-0.4, -0.2) is 11.1 Å². The number of carboxylic acid groups (broad SMARTS) is 1. The Labute approximate surface area is 99.4 Å². The fourth-order valence-electron chi connectivity index (χ4n) is 2.89. The van der Waals surface area contributed by atoms with Gasteiger partial charge in [0.15, 0.2) is 0 Å². The maximum absolute atomic E-state index is 11.2. The highest BCUT2D eigenvalue weighted by Crippen LogP contribution is 2.32. The molecule has 0 amide bonds. The second-order valence-electron chi connectivity index (χ2n) is 5.19. The molecule has 1 saturated carbocycles. The van der Waals surface area contributed by atoms with E-state index < -0.39 is 5.97 Å². The second-order valence-corrected chi connectivity index (χ2v) is 5.19. The van der Waals surface area contributed by atoms with E-state index in [9.17, 15) is 9.90 Å². The number of hydrogen-bond acceptors (Lipinski definition) is 1. The van der Waals surface area contributed by atoms with Crippen LogP contribution in [0.1, 0.15) is 71.1 Å². The van der Waals surface area contributed by atoms with Crippen molar-refractivity contribution in [3.8, 4) is 0 Å². The van der Waals surface area contributed by atoms with E-state index in [1.807, 2.05) is 0 Å². The van der Waals surface area contributed by atoms with Gasteiger partial charge in [-0.2, -0.15) is 0 Å². The molecule has 1 N–H and O–H groups in total. The quantitative estimate of drug-likeness (QED) is 0.543. The van der Waals surface area contributed by atoms with E-state index in [1.54, 1.807) is 0 Å². The zero-order valence-electron chi connectivity index (χ0n) is 10.6. The Hall–Kier alpha value is -0.530. The number of rotatable bonds is 6. The van der Waals surface area contributed by atoms with Crippen LogP contribution in [0.3, 0.4) is 0 Å². The molecule has 0 aromatic carbocycles. The Morgan fingerprint density at radius 2 is 1.88 bits per heavy atom. The topological polar surface area (TPSA) is 37.3 Å². The third kappa shape index (κ3) is 4.54. The summed E-state index contributed by atoms with van der Waals surface area (Å²) in [5.74, 6) is -0.150. The van der Waals surface area contributed by atoms with E-state index in [0.717, 1.165) is 25.7 Å². The van der Waals surface area contributed by atoms with Crippen molar-refractivity contribution in [2.24, 2.45) is 11.8 Å². The third-order valence-corrected chi connectivity index (χ3v) is 3.90.